The van der Waals surface area contributed by atoms with E-state index in [-0.39, 0.29) is 11.9 Å². The van der Waals surface area contributed by atoms with E-state index < -0.39 is 0 Å². The molecule has 0 saturated heterocycles. The topological polar surface area (TPSA) is 29.1 Å². The molecule has 0 amide bonds. The third-order valence-electron chi connectivity index (χ3n) is 1.88. The van der Waals surface area contributed by atoms with E-state index in [1.54, 1.807) is 19.2 Å². The molecular formula is C10H12FNO. The van der Waals surface area contributed by atoms with Gasteiger partial charge in [-0.25, -0.2) is 4.39 Å². The van der Waals surface area contributed by atoms with Crippen molar-refractivity contribution >= 4 is 6.29 Å². The van der Waals surface area contributed by atoms with Crippen LogP contribution in [0.15, 0.2) is 24.3 Å². The van der Waals surface area contributed by atoms with E-state index in [0.717, 1.165) is 11.8 Å². The van der Waals surface area contributed by atoms with E-state index in [1.807, 2.05) is 0 Å². The Morgan fingerprint density at radius 1 is 1.62 bits per heavy atom. The monoisotopic (exact) mass is 181 g/mol. The van der Waals surface area contributed by atoms with Gasteiger partial charge in [-0.05, 0) is 31.2 Å². The van der Waals surface area contributed by atoms with Crippen LogP contribution in [0.3, 0.4) is 0 Å². The van der Waals surface area contributed by atoms with Crippen LogP contribution in [0, 0.1) is 5.82 Å². The highest BCUT2D eigenvalue weighted by molar-refractivity contribution is 5.58. The molecule has 1 atom stereocenters. The Labute approximate surface area is 76.8 Å². The maximum absolute atomic E-state index is 12.7. The zero-order valence-electron chi connectivity index (χ0n) is 7.46. The summed E-state index contributed by atoms with van der Waals surface area (Å²) in [5.41, 5.74) is 0.825. The number of nitrogens with one attached hydrogen (secondary N) is 1. The van der Waals surface area contributed by atoms with Gasteiger partial charge in [-0.3, -0.25) is 0 Å². The summed E-state index contributed by atoms with van der Waals surface area (Å²) in [6.45, 7) is 0. The molecule has 0 spiro atoms. The highest BCUT2D eigenvalue weighted by atomic mass is 19.1. The lowest BCUT2D eigenvalue weighted by Gasteiger charge is -2.08. The van der Waals surface area contributed by atoms with E-state index in [1.165, 1.54) is 12.1 Å². The van der Waals surface area contributed by atoms with Crippen molar-refractivity contribution in [2.24, 2.45) is 0 Å². The number of rotatable bonds is 4. The van der Waals surface area contributed by atoms with Crippen molar-refractivity contribution < 1.29 is 9.18 Å². The van der Waals surface area contributed by atoms with E-state index in [2.05, 4.69) is 5.32 Å². The lowest BCUT2D eigenvalue weighted by molar-refractivity contribution is -0.109. The van der Waals surface area contributed by atoms with Crippen LogP contribution in [0.1, 0.15) is 5.56 Å². The van der Waals surface area contributed by atoms with Crippen LogP contribution in [0.25, 0.3) is 0 Å². The van der Waals surface area contributed by atoms with E-state index in [4.69, 9.17) is 0 Å². The molecule has 0 aromatic heterocycles. The zero-order valence-corrected chi connectivity index (χ0v) is 7.46. The second kappa shape index (κ2) is 4.72. The fourth-order valence-electron chi connectivity index (χ4n) is 1.14. The predicted molar refractivity (Wildman–Crippen MR) is 49.0 cm³/mol. The molecule has 3 heteroatoms. The molecular weight excluding hydrogens is 169 g/mol. The van der Waals surface area contributed by atoms with Gasteiger partial charge < -0.3 is 10.1 Å². The first-order valence-electron chi connectivity index (χ1n) is 4.13. The van der Waals surface area contributed by atoms with Crippen LogP contribution in [0.5, 0.6) is 0 Å². The van der Waals surface area contributed by atoms with Gasteiger partial charge in [0.15, 0.2) is 0 Å². The molecule has 2 nitrogen and oxygen atoms in total. The number of benzene rings is 1. The molecule has 0 saturated carbocycles. The average molecular weight is 181 g/mol. The number of halogens is 1. The van der Waals surface area contributed by atoms with Crippen molar-refractivity contribution in [1.29, 1.82) is 0 Å². The maximum Gasteiger partial charge on any atom is 0.137 e. The van der Waals surface area contributed by atoms with Gasteiger partial charge >= 0.3 is 0 Å². The molecule has 70 valence electrons. The Balaban J connectivity index is 2.67. The van der Waals surface area contributed by atoms with Crippen LogP contribution in [0.2, 0.25) is 0 Å². The van der Waals surface area contributed by atoms with Crippen molar-refractivity contribution in [3.63, 3.8) is 0 Å². The quantitative estimate of drug-likeness (QED) is 0.706. The summed E-state index contributed by atoms with van der Waals surface area (Å²) in [4.78, 5) is 10.5. The summed E-state index contributed by atoms with van der Waals surface area (Å²) in [6, 6.07) is 6.04. The summed E-state index contributed by atoms with van der Waals surface area (Å²) >= 11 is 0. The Bertz CT molecular complexity index is 288. The molecule has 1 aromatic rings. The first-order valence-corrected chi connectivity index (χ1v) is 4.13. The van der Waals surface area contributed by atoms with Crippen LogP contribution < -0.4 is 5.32 Å². The number of aldehydes is 1. The Kier molecular flexibility index (Phi) is 3.58. The normalized spacial score (nSPS) is 12.5. The van der Waals surface area contributed by atoms with Gasteiger partial charge in [0.25, 0.3) is 0 Å². The summed E-state index contributed by atoms with van der Waals surface area (Å²) < 4.78 is 12.7. The van der Waals surface area contributed by atoms with Gasteiger partial charge in [0, 0.05) is 0 Å². The molecule has 1 aromatic carbocycles. The number of carbonyl (C=O) groups is 1. The standard InChI is InChI=1S/C10H12FNO/c1-12-10(7-13)6-8-3-2-4-9(11)5-8/h2-5,7,10,12H,6H2,1H3/t10-/m1/s1. The Morgan fingerprint density at radius 3 is 2.92 bits per heavy atom. The Morgan fingerprint density at radius 2 is 2.38 bits per heavy atom. The molecule has 0 fully saturated rings. The van der Waals surface area contributed by atoms with E-state index in [0.29, 0.717) is 6.42 Å². The van der Waals surface area contributed by atoms with Gasteiger partial charge in [0.1, 0.15) is 12.1 Å². The molecule has 0 bridgehead atoms. The number of carbonyl (C=O) groups excluding carboxylic acids is 1. The van der Waals surface area contributed by atoms with Crippen molar-refractivity contribution in [3.05, 3.63) is 35.6 Å². The summed E-state index contributed by atoms with van der Waals surface area (Å²) in [5.74, 6) is -0.266. The minimum Gasteiger partial charge on any atom is -0.311 e. The number of likely N-dealkylation sites (N-methyl/N-ethyl adjacent to an activating group) is 1. The predicted octanol–water partition coefficient (Wildman–Crippen LogP) is 1.16. The van der Waals surface area contributed by atoms with Gasteiger partial charge in [-0.15, -0.1) is 0 Å². The third-order valence-corrected chi connectivity index (χ3v) is 1.88. The van der Waals surface area contributed by atoms with Gasteiger partial charge in [-0.1, -0.05) is 12.1 Å². The molecule has 0 heterocycles. The fraction of sp³-hybridized carbons (Fsp3) is 0.300. The van der Waals surface area contributed by atoms with Crippen molar-refractivity contribution in [2.45, 2.75) is 12.5 Å². The van der Waals surface area contributed by atoms with Crippen LogP contribution in [-0.2, 0) is 11.2 Å². The summed E-state index contributed by atoms with van der Waals surface area (Å²) in [5, 5.41) is 2.83. The molecule has 1 N–H and O–H groups in total. The van der Waals surface area contributed by atoms with Crippen molar-refractivity contribution in [1.82, 2.24) is 5.32 Å². The van der Waals surface area contributed by atoms with Crippen molar-refractivity contribution in [3.8, 4) is 0 Å². The van der Waals surface area contributed by atoms with Crippen molar-refractivity contribution in [2.75, 3.05) is 7.05 Å². The molecule has 0 aliphatic heterocycles. The SMILES string of the molecule is CN[C@@H](C=O)Cc1cccc(F)c1. The first kappa shape index (κ1) is 9.86. The Hall–Kier alpha value is -1.22. The van der Waals surface area contributed by atoms with Gasteiger partial charge in [0.2, 0.25) is 0 Å². The molecule has 0 radical (unpaired) electrons. The van der Waals surface area contributed by atoms with Crippen LogP contribution in [0.4, 0.5) is 4.39 Å². The van der Waals surface area contributed by atoms with E-state index in [9.17, 15) is 9.18 Å². The third kappa shape index (κ3) is 2.95. The second-order valence-electron chi connectivity index (χ2n) is 2.87. The molecule has 1 rings (SSSR count). The summed E-state index contributed by atoms with van der Waals surface area (Å²) in [6.07, 6.45) is 1.35. The number of hydrogen-bond donors (Lipinski definition) is 1. The van der Waals surface area contributed by atoms with Crippen LogP contribution in [-0.4, -0.2) is 19.4 Å². The smallest absolute Gasteiger partial charge is 0.137 e. The maximum atomic E-state index is 12.7. The molecule has 0 aliphatic rings. The zero-order chi connectivity index (χ0) is 9.68. The lowest BCUT2D eigenvalue weighted by Crippen LogP contribution is -2.28. The minimum atomic E-state index is -0.266. The van der Waals surface area contributed by atoms with Gasteiger partial charge in [-0.2, -0.15) is 0 Å². The molecule has 0 aliphatic carbocycles. The molecule has 0 unspecified atom stereocenters. The summed E-state index contributed by atoms with van der Waals surface area (Å²) in [7, 11) is 1.71. The second-order valence-corrected chi connectivity index (χ2v) is 2.87. The van der Waals surface area contributed by atoms with Crippen LogP contribution >= 0.6 is 0 Å². The number of hydrogen-bond acceptors (Lipinski definition) is 2. The lowest BCUT2D eigenvalue weighted by atomic mass is 10.1. The average Bonchev–Trinajstić information content (AvgIpc) is 2.14. The molecule has 13 heavy (non-hydrogen) atoms. The first-order chi connectivity index (χ1) is 6.26. The minimum absolute atomic E-state index is 0.234. The van der Waals surface area contributed by atoms with E-state index >= 15 is 0 Å². The fourth-order valence-corrected chi connectivity index (χ4v) is 1.14. The highest BCUT2D eigenvalue weighted by Crippen LogP contribution is 2.05. The van der Waals surface area contributed by atoms with Gasteiger partial charge in [0.05, 0.1) is 6.04 Å². The largest absolute Gasteiger partial charge is 0.311 e. The highest BCUT2D eigenvalue weighted by Gasteiger charge is 2.05.